The third kappa shape index (κ3) is 1.93. The smallest absolute Gasteiger partial charge is 0.162 e. The molecule has 0 aliphatic carbocycles. The van der Waals surface area contributed by atoms with Gasteiger partial charge in [-0.05, 0) is 42.8 Å². The van der Waals surface area contributed by atoms with Gasteiger partial charge in [0.1, 0.15) is 5.82 Å². The lowest BCUT2D eigenvalue weighted by atomic mass is 10.0. The maximum Gasteiger partial charge on any atom is 0.162 e. The molecule has 0 saturated carbocycles. The molecule has 0 amide bonds. The van der Waals surface area contributed by atoms with E-state index >= 15 is 0 Å². The predicted molar refractivity (Wildman–Crippen MR) is 73.7 cm³/mol. The highest BCUT2D eigenvalue weighted by Gasteiger charge is 2.16. The topological polar surface area (TPSA) is 32.9 Å². The Hall–Kier alpha value is -2.42. The molecular weight excluding hydrogens is 241 g/mol. The minimum atomic E-state index is -0.288. The maximum atomic E-state index is 13.0. The van der Waals surface area contributed by atoms with Crippen LogP contribution in [0.15, 0.2) is 48.5 Å². The van der Waals surface area contributed by atoms with E-state index in [0.29, 0.717) is 5.56 Å². The molecule has 0 radical (unpaired) electrons. The van der Waals surface area contributed by atoms with Crippen LogP contribution in [0.25, 0.3) is 22.2 Å². The van der Waals surface area contributed by atoms with Gasteiger partial charge in [0.15, 0.2) is 5.78 Å². The van der Waals surface area contributed by atoms with Gasteiger partial charge >= 0.3 is 0 Å². The molecule has 0 unspecified atom stereocenters. The number of Topliss-reactive ketones (excluding diaryl/α,β-unsaturated/α-hetero) is 1. The predicted octanol–water partition coefficient (Wildman–Crippen LogP) is 4.18. The second-order valence-corrected chi connectivity index (χ2v) is 4.48. The van der Waals surface area contributed by atoms with E-state index in [9.17, 15) is 9.18 Å². The van der Waals surface area contributed by atoms with Crippen LogP contribution in [0.4, 0.5) is 4.39 Å². The van der Waals surface area contributed by atoms with Gasteiger partial charge in [-0.1, -0.05) is 18.2 Å². The maximum absolute atomic E-state index is 13.0. The van der Waals surface area contributed by atoms with Gasteiger partial charge in [0, 0.05) is 10.9 Å². The summed E-state index contributed by atoms with van der Waals surface area (Å²) in [5.74, 6) is -0.291. The number of aromatic amines is 1. The quantitative estimate of drug-likeness (QED) is 0.683. The normalized spacial score (nSPS) is 10.8. The van der Waals surface area contributed by atoms with Crippen LogP contribution in [0.3, 0.4) is 0 Å². The Morgan fingerprint density at radius 3 is 2.42 bits per heavy atom. The van der Waals surface area contributed by atoms with Gasteiger partial charge in [0.2, 0.25) is 0 Å². The lowest BCUT2D eigenvalue weighted by Gasteiger charge is -2.01. The number of aromatic nitrogens is 1. The van der Waals surface area contributed by atoms with E-state index in [1.54, 1.807) is 19.1 Å². The number of rotatable bonds is 2. The van der Waals surface area contributed by atoms with Crippen molar-refractivity contribution in [2.24, 2.45) is 0 Å². The van der Waals surface area contributed by atoms with Crippen LogP contribution in [-0.2, 0) is 0 Å². The van der Waals surface area contributed by atoms with Crippen molar-refractivity contribution in [3.8, 4) is 11.3 Å². The number of nitrogens with one attached hydrogen (secondary N) is 1. The molecule has 0 fully saturated rings. The van der Waals surface area contributed by atoms with Crippen molar-refractivity contribution < 1.29 is 9.18 Å². The summed E-state index contributed by atoms with van der Waals surface area (Å²) in [7, 11) is 0. The van der Waals surface area contributed by atoms with Crippen molar-refractivity contribution in [2.75, 3.05) is 0 Å². The zero-order valence-corrected chi connectivity index (χ0v) is 10.4. The zero-order valence-electron chi connectivity index (χ0n) is 10.4. The highest BCUT2D eigenvalue weighted by molar-refractivity contribution is 6.12. The molecule has 1 aromatic heterocycles. The molecule has 3 aromatic rings. The van der Waals surface area contributed by atoms with E-state index in [2.05, 4.69) is 4.98 Å². The molecule has 0 saturated heterocycles. The molecule has 94 valence electrons. The average molecular weight is 253 g/mol. The molecule has 19 heavy (non-hydrogen) atoms. The number of carbonyl (C=O) groups is 1. The number of carbonyl (C=O) groups excluding carboxylic acids is 1. The van der Waals surface area contributed by atoms with Crippen molar-refractivity contribution in [3.63, 3.8) is 0 Å². The Morgan fingerprint density at radius 2 is 1.74 bits per heavy atom. The summed E-state index contributed by atoms with van der Waals surface area (Å²) in [4.78, 5) is 15.1. The lowest BCUT2D eigenvalue weighted by molar-refractivity contribution is 0.102. The summed E-state index contributed by atoms with van der Waals surface area (Å²) in [6.07, 6.45) is 0. The Morgan fingerprint density at radius 1 is 1.05 bits per heavy atom. The summed E-state index contributed by atoms with van der Waals surface area (Å²) < 4.78 is 13.0. The molecular formula is C16H12FNO. The molecule has 3 heteroatoms. The number of para-hydroxylation sites is 1. The number of ketones is 1. The second-order valence-electron chi connectivity index (χ2n) is 4.48. The molecule has 3 rings (SSSR count). The lowest BCUT2D eigenvalue weighted by Crippen LogP contribution is -1.93. The van der Waals surface area contributed by atoms with Gasteiger partial charge in [-0.25, -0.2) is 4.39 Å². The first-order valence-electron chi connectivity index (χ1n) is 6.04. The fourth-order valence-electron chi connectivity index (χ4n) is 2.34. The SMILES string of the molecule is CC(=O)c1c(-c2ccc(F)cc2)[nH]c2ccccc12. The summed E-state index contributed by atoms with van der Waals surface area (Å²) in [6.45, 7) is 1.54. The highest BCUT2D eigenvalue weighted by Crippen LogP contribution is 2.30. The van der Waals surface area contributed by atoms with Gasteiger partial charge in [-0.15, -0.1) is 0 Å². The van der Waals surface area contributed by atoms with Crippen molar-refractivity contribution in [1.82, 2.24) is 4.98 Å². The Balaban J connectivity index is 2.31. The first-order chi connectivity index (χ1) is 9.16. The molecule has 0 atom stereocenters. The van der Waals surface area contributed by atoms with Crippen LogP contribution >= 0.6 is 0 Å². The molecule has 1 heterocycles. The Kier molecular flexibility index (Phi) is 2.67. The summed E-state index contributed by atoms with van der Waals surface area (Å²) in [5.41, 5.74) is 3.12. The van der Waals surface area contributed by atoms with Gasteiger partial charge in [-0.3, -0.25) is 4.79 Å². The fraction of sp³-hybridized carbons (Fsp3) is 0.0625. The zero-order chi connectivity index (χ0) is 13.4. The summed E-state index contributed by atoms with van der Waals surface area (Å²) in [5, 5.41) is 0.898. The molecule has 2 aromatic carbocycles. The summed E-state index contributed by atoms with van der Waals surface area (Å²) >= 11 is 0. The second kappa shape index (κ2) is 4.35. The van der Waals surface area contributed by atoms with Crippen molar-refractivity contribution >= 4 is 16.7 Å². The van der Waals surface area contributed by atoms with Crippen LogP contribution in [0.2, 0.25) is 0 Å². The molecule has 0 spiro atoms. The minimum absolute atomic E-state index is 0.00299. The van der Waals surface area contributed by atoms with Gasteiger partial charge in [0.05, 0.1) is 11.3 Å². The number of fused-ring (bicyclic) bond motifs is 1. The number of halogens is 1. The Bertz CT molecular complexity index is 756. The van der Waals surface area contributed by atoms with E-state index in [4.69, 9.17) is 0 Å². The molecule has 1 N–H and O–H groups in total. The van der Waals surface area contributed by atoms with Gasteiger partial charge in [0.25, 0.3) is 0 Å². The summed E-state index contributed by atoms with van der Waals surface area (Å²) in [6, 6.07) is 13.8. The third-order valence-corrected chi connectivity index (χ3v) is 3.19. The van der Waals surface area contributed by atoms with Crippen LogP contribution in [0.1, 0.15) is 17.3 Å². The Labute approximate surface area is 109 Å². The van der Waals surface area contributed by atoms with Crippen molar-refractivity contribution in [3.05, 3.63) is 59.9 Å². The van der Waals surface area contributed by atoms with Crippen LogP contribution in [-0.4, -0.2) is 10.8 Å². The van der Waals surface area contributed by atoms with Crippen LogP contribution in [0, 0.1) is 5.82 Å². The number of hydrogen-bond donors (Lipinski definition) is 1. The molecule has 2 nitrogen and oxygen atoms in total. The highest BCUT2D eigenvalue weighted by atomic mass is 19.1. The van der Waals surface area contributed by atoms with Crippen molar-refractivity contribution in [1.29, 1.82) is 0 Å². The van der Waals surface area contributed by atoms with E-state index in [0.717, 1.165) is 22.2 Å². The van der Waals surface area contributed by atoms with E-state index < -0.39 is 0 Å². The van der Waals surface area contributed by atoms with Crippen molar-refractivity contribution in [2.45, 2.75) is 6.92 Å². The fourth-order valence-corrected chi connectivity index (χ4v) is 2.34. The van der Waals surface area contributed by atoms with E-state index in [1.807, 2.05) is 24.3 Å². The van der Waals surface area contributed by atoms with E-state index in [-0.39, 0.29) is 11.6 Å². The van der Waals surface area contributed by atoms with Gasteiger partial charge < -0.3 is 4.98 Å². The van der Waals surface area contributed by atoms with Crippen LogP contribution in [0.5, 0.6) is 0 Å². The first-order valence-corrected chi connectivity index (χ1v) is 6.04. The molecule has 0 bridgehead atoms. The molecule has 0 aliphatic heterocycles. The number of hydrogen-bond acceptors (Lipinski definition) is 1. The molecule has 0 aliphatic rings. The third-order valence-electron chi connectivity index (χ3n) is 3.19. The monoisotopic (exact) mass is 253 g/mol. The minimum Gasteiger partial charge on any atom is -0.354 e. The number of benzene rings is 2. The van der Waals surface area contributed by atoms with Crippen LogP contribution < -0.4 is 0 Å². The van der Waals surface area contributed by atoms with E-state index in [1.165, 1.54) is 12.1 Å². The van der Waals surface area contributed by atoms with Gasteiger partial charge in [-0.2, -0.15) is 0 Å². The largest absolute Gasteiger partial charge is 0.354 e. The first kappa shape index (κ1) is 11.7. The number of H-pyrrole nitrogens is 1. The standard InChI is InChI=1S/C16H12FNO/c1-10(19)15-13-4-2-3-5-14(13)18-16(15)11-6-8-12(17)9-7-11/h2-9,18H,1H3. The average Bonchev–Trinajstić information content (AvgIpc) is 2.78.